The van der Waals surface area contributed by atoms with Crippen LogP contribution in [-0.2, 0) is 11.2 Å². The van der Waals surface area contributed by atoms with E-state index in [4.69, 9.17) is 4.74 Å². The maximum Gasteiger partial charge on any atom is 0.307 e. The van der Waals surface area contributed by atoms with Gasteiger partial charge < -0.3 is 14.8 Å². The minimum Gasteiger partial charge on any atom is -0.494 e. The summed E-state index contributed by atoms with van der Waals surface area (Å²) in [4.78, 5) is 14.8. The predicted molar refractivity (Wildman–Crippen MR) is 100 cm³/mol. The summed E-state index contributed by atoms with van der Waals surface area (Å²) in [5.41, 5.74) is 4.73. The van der Waals surface area contributed by atoms with Crippen molar-refractivity contribution < 1.29 is 14.6 Å². The van der Waals surface area contributed by atoms with E-state index in [2.05, 4.69) is 18.0 Å². The highest BCUT2D eigenvalue weighted by atomic mass is 16.5. The van der Waals surface area contributed by atoms with Crippen LogP contribution in [0.25, 0.3) is 22.2 Å². The van der Waals surface area contributed by atoms with Gasteiger partial charge in [0.1, 0.15) is 5.75 Å². The smallest absolute Gasteiger partial charge is 0.307 e. The number of carbonyl (C=O) groups is 1. The van der Waals surface area contributed by atoms with Gasteiger partial charge in [0.15, 0.2) is 0 Å². The van der Waals surface area contributed by atoms with Crippen LogP contribution >= 0.6 is 0 Å². The lowest BCUT2D eigenvalue weighted by molar-refractivity contribution is -0.136. The molecule has 4 nitrogen and oxygen atoms in total. The number of rotatable bonds is 7. The van der Waals surface area contributed by atoms with E-state index in [1.807, 2.05) is 43.3 Å². The third kappa shape index (κ3) is 3.85. The van der Waals surface area contributed by atoms with Gasteiger partial charge in [0, 0.05) is 10.9 Å². The first kappa shape index (κ1) is 17.1. The third-order valence-electron chi connectivity index (χ3n) is 4.28. The van der Waals surface area contributed by atoms with Crippen molar-refractivity contribution in [3.8, 4) is 17.0 Å². The molecule has 130 valence electrons. The van der Waals surface area contributed by atoms with Gasteiger partial charge in [-0.3, -0.25) is 4.79 Å². The Labute approximate surface area is 147 Å². The van der Waals surface area contributed by atoms with Crippen LogP contribution in [0, 0.1) is 6.92 Å². The van der Waals surface area contributed by atoms with Crippen LogP contribution in [0.3, 0.4) is 0 Å². The number of aryl methyl sites for hydroxylation is 1. The molecule has 2 N–H and O–H groups in total. The number of benzene rings is 2. The fourth-order valence-electron chi connectivity index (χ4n) is 3.03. The third-order valence-corrected chi connectivity index (χ3v) is 4.28. The van der Waals surface area contributed by atoms with E-state index in [9.17, 15) is 9.90 Å². The number of ether oxygens (including phenoxy) is 1. The molecule has 0 unspecified atom stereocenters. The highest BCUT2D eigenvalue weighted by molar-refractivity contribution is 5.94. The van der Waals surface area contributed by atoms with Gasteiger partial charge in [0.2, 0.25) is 0 Å². The number of hydrogen-bond acceptors (Lipinski definition) is 2. The first-order chi connectivity index (χ1) is 12.1. The number of carboxylic acid groups (broad SMARTS) is 1. The molecular weight excluding hydrogens is 314 g/mol. The normalized spacial score (nSPS) is 11.0. The molecular formula is C21H23NO3. The average Bonchev–Trinajstić information content (AvgIpc) is 2.93. The van der Waals surface area contributed by atoms with Gasteiger partial charge in [-0.05, 0) is 48.7 Å². The van der Waals surface area contributed by atoms with Crippen LogP contribution in [0.15, 0.2) is 42.5 Å². The van der Waals surface area contributed by atoms with Crippen molar-refractivity contribution in [3.05, 3.63) is 53.6 Å². The van der Waals surface area contributed by atoms with Crippen molar-refractivity contribution in [2.45, 2.75) is 33.1 Å². The van der Waals surface area contributed by atoms with Gasteiger partial charge >= 0.3 is 5.97 Å². The molecule has 0 fully saturated rings. The van der Waals surface area contributed by atoms with Crippen LogP contribution in [0.5, 0.6) is 5.75 Å². The molecule has 3 aromatic rings. The maximum absolute atomic E-state index is 11.4. The van der Waals surface area contributed by atoms with Gasteiger partial charge in [-0.1, -0.05) is 37.1 Å². The number of carboxylic acids is 1. The molecule has 2 aromatic carbocycles. The lowest BCUT2D eigenvalue weighted by atomic mass is 10.0. The van der Waals surface area contributed by atoms with Gasteiger partial charge in [-0.2, -0.15) is 0 Å². The second kappa shape index (κ2) is 7.43. The SMILES string of the molecule is CCCCOc1ccc2[nH]c(-c3cccc(C)c3)c(CC(=O)O)c2c1. The Kier molecular flexibility index (Phi) is 5.08. The second-order valence-corrected chi connectivity index (χ2v) is 6.33. The van der Waals surface area contributed by atoms with Crippen molar-refractivity contribution in [1.82, 2.24) is 4.98 Å². The maximum atomic E-state index is 11.4. The van der Waals surface area contributed by atoms with E-state index in [1.165, 1.54) is 0 Å². The van der Waals surface area contributed by atoms with Crippen molar-refractivity contribution in [1.29, 1.82) is 0 Å². The number of unbranched alkanes of at least 4 members (excludes halogenated alkanes) is 1. The van der Waals surface area contributed by atoms with Crippen molar-refractivity contribution in [2.75, 3.05) is 6.61 Å². The van der Waals surface area contributed by atoms with Gasteiger partial charge in [0.25, 0.3) is 0 Å². The number of aromatic amines is 1. The minimum atomic E-state index is -0.841. The number of aliphatic carboxylic acids is 1. The van der Waals surface area contributed by atoms with Crippen LogP contribution in [-0.4, -0.2) is 22.7 Å². The molecule has 1 heterocycles. The van der Waals surface area contributed by atoms with Gasteiger partial charge in [-0.25, -0.2) is 0 Å². The Morgan fingerprint density at radius 3 is 2.76 bits per heavy atom. The van der Waals surface area contributed by atoms with E-state index in [1.54, 1.807) is 0 Å². The number of H-pyrrole nitrogens is 1. The van der Waals surface area contributed by atoms with E-state index < -0.39 is 5.97 Å². The Morgan fingerprint density at radius 1 is 1.20 bits per heavy atom. The molecule has 0 spiro atoms. The van der Waals surface area contributed by atoms with Gasteiger partial charge in [-0.15, -0.1) is 0 Å². The molecule has 0 aliphatic heterocycles. The van der Waals surface area contributed by atoms with Crippen molar-refractivity contribution >= 4 is 16.9 Å². The molecule has 4 heteroatoms. The van der Waals surface area contributed by atoms with E-state index >= 15 is 0 Å². The Bertz CT molecular complexity index is 895. The zero-order valence-corrected chi connectivity index (χ0v) is 14.6. The predicted octanol–water partition coefficient (Wildman–Crippen LogP) is 4.95. The largest absolute Gasteiger partial charge is 0.494 e. The fourth-order valence-corrected chi connectivity index (χ4v) is 3.03. The summed E-state index contributed by atoms with van der Waals surface area (Å²) in [6.45, 7) is 4.83. The van der Waals surface area contributed by atoms with Crippen molar-refractivity contribution in [2.24, 2.45) is 0 Å². The number of aromatic nitrogens is 1. The second-order valence-electron chi connectivity index (χ2n) is 6.33. The molecule has 3 rings (SSSR count). The minimum absolute atomic E-state index is 0.0261. The molecule has 0 saturated carbocycles. The molecule has 0 amide bonds. The fraction of sp³-hybridized carbons (Fsp3) is 0.286. The summed E-state index contributed by atoms with van der Waals surface area (Å²) in [6, 6.07) is 13.9. The standard InChI is InChI=1S/C21H23NO3/c1-3-4-10-25-16-8-9-19-17(12-16)18(13-20(23)24)21(22-19)15-7-5-6-14(2)11-15/h5-9,11-12,22H,3-4,10,13H2,1-2H3,(H,23,24). The van der Waals surface area contributed by atoms with Crippen LogP contribution < -0.4 is 4.74 Å². The molecule has 0 atom stereocenters. The van der Waals surface area contributed by atoms with Gasteiger partial charge in [0.05, 0.1) is 18.7 Å². The van der Waals surface area contributed by atoms with E-state index in [0.29, 0.717) is 6.61 Å². The first-order valence-corrected chi connectivity index (χ1v) is 8.64. The first-order valence-electron chi connectivity index (χ1n) is 8.64. The summed E-state index contributed by atoms with van der Waals surface area (Å²) in [5, 5.41) is 10.3. The summed E-state index contributed by atoms with van der Waals surface area (Å²) >= 11 is 0. The zero-order chi connectivity index (χ0) is 17.8. The Morgan fingerprint density at radius 2 is 2.04 bits per heavy atom. The molecule has 0 saturated heterocycles. The Balaban J connectivity index is 2.08. The number of nitrogens with one attached hydrogen (secondary N) is 1. The summed E-state index contributed by atoms with van der Waals surface area (Å²) in [5.74, 6) is -0.0607. The summed E-state index contributed by atoms with van der Waals surface area (Å²) < 4.78 is 5.79. The highest BCUT2D eigenvalue weighted by Gasteiger charge is 2.16. The molecule has 25 heavy (non-hydrogen) atoms. The molecule has 0 bridgehead atoms. The molecule has 0 aliphatic carbocycles. The average molecular weight is 337 g/mol. The quantitative estimate of drug-likeness (QED) is 0.600. The van der Waals surface area contributed by atoms with E-state index in [0.717, 1.165) is 51.9 Å². The van der Waals surface area contributed by atoms with Crippen LogP contribution in [0.2, 0.25) is 0 Å². The van der Waals surface area contributed by atoms with Crippen LogP contribution in [0.4, 0.5) is 0 Å². The summed E-state index contributed by atoms with van der Waals surface area (Å²) in [6.07, 6.45) is 2.05. The van der Waals surface area contributed by atoms with Crippen molar-refractivity contribution in [3.63, 3.8) is 0 Å². The lowest BCUT2D eigenvalue weighted by Gasteiger charge is -2.06. The zero-order valence-electron chi connectivity index (χ0n) is 14.6. The monoisotopic (exact) mass is 337 g/mol. The molecule has 1 aromatic heterocycles. The Hall–Kier alpha value is -2.75. The number of hydrogen-bond donors (Lipinski definition) is 2. The topological polar surface area (TPSA) is 62.3 Å². The lowest BCUT2D eigenvalue weighted by Crippen LogP contribution is -2.01. The van der Waals surface area contributed by atoms with E-state index in [-0.39, 0.29) is 6.42 Å². The number of fused-ring (bicyclic) bond motifs is 1. The highest BCUT2D eigenvalue weighted by Crippen LogP contribution is 2.33. The molecule has 0 radical (unpaired) electrons. The van der Waals surface area contributed by atoms with Crippen LogP contribution in [0.1, 0.15) is 30.9 Å². The summed E-state index contributed by atoms with van der Waals surface area (Å²) in [7, 11) is 0. The molecule has 0 aliphatic rings.